The molecule has 1 aromatic carbocycles. The molecule has 0 unspecified atom stereocenters. The minimum atomic E-state index is 0.712. The summed E-state index contributed by atoms with van der Waals surface area (Å²) in [6.07, 6.45) is 0. The summed E-state index contributed by atoms with van der Waals surface area (Å²) >= 11 is 0. The fourth-order valence-corrected chi connectivity index (χ4v) is 1.35. The molecule has 0 fully saturated rings. The first-order valence-corrected chi connectivity index (χ1v) is 4.54. The van der Waals surface area contributed by atoms with Crippen LogP contribution in [0.15, 0.2) is 29.4 Å². The minimum Gasteiger partial charge on any atom is -0.372 e. The first-order valence-electron chi connectivity index (χ1n) is 4.54. The fraction of sp³-hybridized carbons (Fsp3) is 0.400. The van der Waals surface area contributed by atoms with Gasteiger partial charge in [-0.2, -0.15) is 5.11 Å². The van der Waals surface area contributed by atoms with Crippen LogP contribution in [0.3, 0.4) is 0 Å². The third-order valence-electron chi connectivity index (χ3n) is 2.09. The fourth-order valence-electron chi connectivity index (χ4n) is 1.35. The van der Waals surface area contributed by atoms with Gasteiger partial charge in [0.25, 0.3) is 0 Å². The third kappa shape index (κ3) is 2.28. The van der Waals surface area contributed by atoms with E-state index in [1.54, 1.807) is 0 Å². The Balaban J connectivity index is 2.92. The SMILES string of the molecule is CCN(CC)c1cccc(N=N)c1. The molecule has 3 nitrogen and oxygen atoms in total. The van der Waals surface area contributed by atoms with Crippen LogP contribution < -0.4 is 4.90 Å². The maximum atomic E-state index is 6.90. The molecular weight excluding hydrogens is 162 g/mol. The van der Waals surface area contributed by atoms with Crippen LogP contribution in [0, 0.1) is 5.53 Å². The van der Waals surface area contributed by atoms with Gasteiger partial charge in [-0.1, -0.05) is 6.07 Å². The molecule has 0 heterocycles. The van der Waals surface area contributed by atoms with E-state index >= 15 is 0 Å². The lowest BCUT2D eigenvalue weighted by atomic mass is 10.2. The smallest absolute Gasteiger partial charge is 0.0870 e. The van der Waals surface area contributed by atoms with Crippen molar-refractivity contribution in [2.75, 3.05) is 18.0 Å². The van der Waals surface area contributed by atoms with Crippen molar-refractivity contribution in [2.45, 2.75) is 13.8 Å². The molecule has 0 bridgehead atoms. The molecule has 0 spiro atoms. The minimum absolute atomic E-state index is 0.712. The summed E-state index contributed by atoms with van der Waals surface area (Å²) in [5, 5.41) is 3.41. The molecule has 0 aliphatic rings. The van der Waals surface area contributed by atoms with Gasteiger partial charge in [-0.25, -0.2) is 5.53 Å². The van der Waals surface area contributed by atoms with Gasteiger partial charge in [0.15, 0.2) is 0 Å². The molecule has 1 rings (SSSR count). The molecular formula is C10H15N3. The van der Waals surface area contributed by atoms with Crippen molar-refractivity contribution in [3.63, 3.8) is 0 Å². The largest absolute Gasteiger partial charge is 0.372 e. The topological polar surface area (TPSA) is 39.5 Å². The van der Waals surface area contributed by atoms with Crippen LogP contribution in [-0.4, -0.2) is 13.1 Å². The lowest BCUT2D eigenvalue weighted by Crippen LogP contribution is -2.21. The van der Waals surface area contributed by atoms with E-state index in [-0.39, 0.29) is 0 Å². The van der Waals surface area contributed by atoms with Gasteiger partial charge in [0.05, 0.1) is 5.69 Å². The van der Waals surface area contributed by atoms with E-state index in [1.165, 1.54) is 0 Å². The molecule has 3 heteroatoms. The molecule has 1 N–H and O–H groups in total. The van der Waals surface area contributed by atoms with E-state index in [1.807, 2.05) is 24.3 Å². The van der Waals surface area contributed by atoms with Crippen LogP contribution in [0.2, 0.25) is 0 Å². The van der Waals surface area contributed by atoms with E-state index in [9.17, 15) is 0 Å². The van der Waals surface area contributed by atoms with Crippen molar-refractivity contribution < 1.29 is 0 Å². The second-order valence-electron chi connectivity index (χ2n) is 2.80. The van der Waals surface area contributed by atoms with Crippen LogP contribution in [-0.2, 0) is 0 Å². The molecule has 0 aromatic heterocycles. The highest BCUT2D eigenvalue weighted by molar-refractivity contribution is 5.55. The van der Waals surface area contributed by atoms with E-state index < -0.39 is 0 Å². The van der Waals surface area contributed by atoms with Gasteiger partial charge in [0.1, 0.15) is 0 Å². The van der Waals surface area contributed by atoms with Crippen molar-refractivity contribution in [3.05, 3.63) is 24.3 Å². The van der Waals surface area contributed by atoms with Crippen LogP contribution >= 0.6 is 0 Å². The highest BCUT2D eigenvalue weighted by Crippen LogP contribution is 2.20. The number of hydrogen-bond donors (Lipinski definition) is 1. The Morgan fingerprint density at radius 3 is 2.54 bits per heavy atom. The third-order valence-corrected chi connectivity index (χ3v) is 2.09. The second-order valence-corrected chi connectivity index (χ2v) is 2.80. The van der Waals surface area contributed by atoms with Crippen molar-refractivity contribution in [3.8, 4) is 0 Å². The predicted octanol–water partition coefficient (Wildman–Crippen LogP) is 3.20. The Hall–Kier alpha value is -1.38. The molecule has 0 aliphatic carbocycles. The standard InChI is InChI=1S/C10H15N3/c1-3-13(4-2)10-7-5-6-9(8-10)12-11/h5-8,11H,3-4H2,1-2H3. The molecule has 0 saturated heterocycles. The average Bonchev–Trinajstić information content (AvgIpc) is 2.20. The maximum absolute atomic E-state index is 6.90. The Morgan fingerprint density at radius 2 is 2.00 bits per heavy atom. The highest BCUT2D eigenvalue weighted by atomic mass is 15.1. The van der Waals surface area contributed by atoms with Crippen molar-refractivity contribution in [1.29, 1.82) is 5.53 Å². The summed E-state index contributed by atoms with van der Waals surface area (Å²) in [6, 6.07) is 7.74. The van der Waals surface area contributed by atoms with Gasteiger partial charge in [-0.3, -0.25) is 0 Å². The summed E-state index contributed by atoms with van der Waals surface area (Å²) in [4.78, 5) is 2.23. The maximum Gasteiger partial charge on any atom is 0.0870 e. The molecule has 0 radical (unpaired) electrons. The van der Waals surface area contributed by atoms with E-state index in [0.29, 0.717) is 5.69 Å². The Kier molecular flexibility index (Phi) is 3.43. The van der Waals surface area contributed by atoms with Gasteiger partial charge >= 0.3 is 0 Å². The first kappa shape index (κ1) is 9.71. The molecule has 0 aliphatic heterocycles. The molecule has 0 saturated carbocycles. The highest BCUT2D eigenvalue weighted by Gasteiger charge is 2.01. The van der Waals surface area contributed by atoms with E-state index in [0.717, 1.165) is 18.8 Å². The van der Waals surface area contributed by atoms with Crippen molar-refractivity contribution in [1.82, 2.24) is 0 Å². The Bertz CT molecular complexity index is 279. The van der Waals surface area contributed by atoms with Crippen molar-refractivity contribution >= 4 is 11.4 Å². The van der Waals surface area contributed by atoms with Gasteiger partial charge in [0, 0.05) is 18.8 Å². The molecule has 1 aromatic rings. The van der Waals surface area contributed by atoms with Crippen molar-refractivity contribution in [2.24, 2.45) is 5.11 Å². The lowest BCUT2D eigenvalue weighted by Gasteiger charge is -2.20. The molecule has 0 amide bonds. The van der Waals surface area contributed by atoms with Gasteiger partial charge in [-0.15, -0.1) is 0 Å². The molecule has 0 atom stereocenters. The van der Waals surface area contributed by atoms with Crippen LogP contribution in [0.4, 0.5) is 11.4 Å². The Labute approximate surface area is 78.9 Å². The summed E-state index contributed by atoms with van der Waals surface area (Å²) in [6.45, 7) is 6.21. The summed E-state index contributed by atoms with van der Waals surface area (Å²) < 4.78 is 0. The van der Waals surface area contributed by atoms with Gasteiger partial charge in [-0.05, 0) is 32.0 Å². The summed E-state index contributed by atoms with van der Waals surface area (Å²) in [5.41, 5.74) is 8.75. The molecule has 13 heavy (non-hydrogen) atoms. The lowest BCUT2D eigenvalue weighted by molar-refractivity contribution is 0.866. The van der Waals surface area contributed by atoms with Crippen LogP contribution in [0.25, 0.3) is 0 Å². The van der Waals surface area contributed by atoms with Gasteiger partial charge < -0.3 is 4.90 Å². The first-order chi connectivity index (χ1) is 6.31. The Morgan fingerprint density at radius 1 is 1.31 bits per heavy atom. The summed E-state index contributed by atoms with van der Waals surface area (Å²) in [5.74, 6) is 0. The van der Waals surface area contributed by atoms with Crippen LogP contribution in [0.5, 0.6) is 0 Å². The van der Waals surface area contributed by atoms with Gasteiger partial charge in [0.2, 0.25) is 0 Å². The number of anilines is 1. The quantitative estimate of drug-likeness (QED) is 0.705. The van der Waals surface area contributed by atoms with E-state index in [4.69, 9.17) is 5.53 Å². The monoisotopic (exact) mass is 177 g/mol. The number of nitrogens with one attached hydrogen (secondary N) is 1. The average molecular weight is 177 g/mol. The second kappa shape index (κ2) is 4.60. The normalized spacial score (nSPS) is 9.69. The molecule has 70 valence electrons. The number of nitrogens with zero attached hydrogens (tertiary/aromatic N) is 2. The number of benzene rings is 1. The van der Waals surface area contributed by atoms with E-state index in [2.05, 4.69) is 23.9 Å². The summed E-state index contributed by atoms with van der Waals surface area (Å²) in [7, 11) is 0. The van der Waals surface area contributed by atoms with Crippen LogP contribution in [0.1, 0.15) is 13.8 Å². The zero-order valence-corrected chi connectivity index (χ0v) is 8.12. The zero-order chi connectivity index (χ0) is 9.68. The number of rotatable bonds is 4. The predicted molar refractivity (Wildman–Crippen MR) is 54.8 cm³/mol. The zero-order valence-electron chi connectivity index (χ0n) is 8.12. The number of hydrogen-bond acceptors (Lipinski definition) is 3.